The molecule has 0 unspecified atom stereocenters. The maximum atomic E-state index is 4.10. The number of hydrogen-bond acceptors (Lipinski definition) is 4. The summed E-state index contributed by atoms with van der Waals surface area (Å²) in [6.07, 6.45) is 6.88. The molecule has 0 amide bonds. The minimum atomic E-state index is 0.601. The Morgan fingerprint density at radius 1 is 1.00 bits per heavy atom. The van der Waals surface area contributed by atoms with Crippen molar-refractivity contribution in [2.24, 2.45) is 0 Å². The largest absolute Gasteiger partial charge is 0.265 e. The van der Waals surface area contributed by atoms with E-state index in [1.165, 1.54) is 0 Å². The van der Waals surface area contributed by atoms with Gasteiger partial charge in [-0.25, -0.2) is 4.98 Å². The molecule has 0 N–H and O–H groups in total. The van der Waals surface area contributed by atoms with E-state index in [0.29, 0.717) is 5.78 Å². The first-order valence-electron chi connectivity index (χ1n) is 4.50. The quantitative estimate of drug-likeness (QED) is 0.588. The molecule has 0 radical (unpaired) electrons. The monoisotopic (exact) mass is 197 g/mol. The van der Waals surface area contributed by atoms with Crippen molar-refractivity contribution in [2.75, 3.05) is 0 Å². The standard InChI is InChI=1S/C10H7N5/c1-4-11-5-2-8(1)9-3-6-12-10-14-13-7-15(9)10/h1-7H. The minimum Gasteiger partial charge on any atom is -0.265 e. The summed E-state index contributed by atoms with van der Waals surface area (Å²) < 4.78 is 1.84. The topological polar surface area (TPSA) is 56.0 Å². The third kappa shape index (κ3) is 1.25. The molecule has 0 saturated carbocycles. The van der Waals surface area contributed by atoms with Crippen LogP contribution in [0.2, 0.25) is 0 Å². The van der Waals surface area contributed by atoms with Gasteiger partial charge < -0.3 is 0 Å². The van der Waals surface area contributed by atoms with Crippen molar-refractivity contribution < 1.29 is 0 Å². The van der Waals surface area contributed by atoms with Gasteiger partial charge in [0.25, 0.3) is 5.78 Å². The lowest BCUT2D eigenvalue weighted by Gasteiger charge is -2.02. The van der Waals surface area contributed by atoms with Gasteiger partial charge in [-0.1, -0.05) is 0 Å². The second kappa shape index (κ2) is 3.13. The number of nitrogens with zero attached hydrogens (tertiary/aromatic N) is 5. The normalized spacial score (nSPS) is 10.7. The van der Waals surface area contributed by atoms with Crippen LogP contribution in [0, 0.1) is 0 Å². The Labute approximate surface area is 85.5 Å². The molecule has 5 nitrogen and oxygen atoms in total. The molecule has 3 aromatic heterocycles. The van der Waals surface area contributed by atoms with Crippen molar-refractivity contribution in [3.63, 3.8) is 0 Å². The van der Waals surface area contributed by atoms with E-state index in [0.717, 1.165) is 11.3 Å². The van der Waals surface area contributed by atoms with E-state index in [1.807, 2.05) is 22.6 Å². The van der Waals surface area contributed by atoms with Crippen LogP contribution in [0.4, 0.5) is 0 Å². The van der Waals surface area contributed by atoms with Crippen LogP contribution in [0.15, 0.2) is 43.1 Å². The summed E-state index contributed by atoms with van der Waals surface area (Å²) in [4.78, 5) is 8.08. The molecule has 0 bridgehead atoms. The fourth-order valence-corrected chi connectivity index (χ4v) is 1.50. The Kier molecular flexibility index (Phi) is 1.68. The molecule has 0 aromatic carbocycles. The van der Waals surface area contributed by atoms with E-state index < -0.39 is 0 Å². The Balaban J connectivity index is 2.31. The minimum absolute atomic E-state index is 0.601. The first-order chi connectivity index (χ1) is 7.45. The van der Waals surface area contributed by atoms with Crippen LogP contribution >= 0.6 is 0 Å². The first-order valence-corrected chi connectivity index (χ1v) is 4.50. The number of fused-ring (bicyclic) bond motifs is 1. The van der Waals surface area contributed by atoms with Gasteiger partial charge in [-0.15, -0.1) is 10.2 Å². The predicted molar refractivity (Wildman–Crippen MR) is 54.0 cm³/mol. The number of pyridine rings is 1. The van der Waals surface area contributed by atoms with Crippen LogP contribution < -0.4 is 0 Å². The van der Waals surface area contributed by atoms with Gasteiger partial charge in [0.15, 0.2) is 0 Å². The highest BCUT2D eigenvalue weighted by Crippen LogP contribution is 2.17. The number of rotatable bonds is 1. The highest BCUT2D eigenvalue weighted by Gasteiger charge is 2.03. The molecule has 0 aliphatic heterocycles. The van der Waals surface area contributed by atoms with Crippen molar-refractivity contribution in [2.45, 2.75) is 0 Å². The summed E-state index contributed by atoms with van der Waals surface area (Å²) in [5.41, 5.74) is 2.07. The van der Waals surface area contributed by atoms with Gasteiger partial charge in [0.2, 0.25) is 0 Å². The van der Waals surface area contributed by atoms with E-state index in [2.05, 4.69) is 20.2 Å². The third-order valence-electron chi connectivity index (χ3n) is 2.19. The SMILES string of the molecule is c1cc(-c2ccnc3nncn23)ccn1. The van der Waals surface area contributed by atoms with Gasteiger partial charge >= 0.3 is 0 Å². The van der Waals surface area contributed by atoms with E-state index in [9.17, 15) is 0 Å². The van der Waals surface area contributed by atoms with E-state index in [-0.39, 0.29) is 0 Å². The lowest BCUT2D eigenvalue weighted by atomic mass is 10.2. The zero-order valence-corrected chi connectivity index (χ0v) is 7.78. The van der Waals surface area contributed by atoms with Crippen LogP contribution in [-0.4, -0.2) is 24.6 Å². The molecule has 3 rings (SSSR count). The lowest BCUT2D eigenvalue weighted by Crippen LogP contribution is -1.92. The zero-order chi connectivity index (χ0) is 10.1. The Bertz CT molecular complexity index is 587. The second-order valence-electron chi connectivity index (χ2n) is 3.07. The van der Waals surface area contributed by atoms with Gasteiger partial charge in [-0.3, -0.25) is 9.38 Å². The van der Waals surface area contributed by atoms with E-state index in [4.69, 9.17) is 0 Å². The fraction of sp³-hybridized carbons (Fsp3) is 0. The molecule has 0 aliphatic rings. The Morgan fingerprint density at radius 3 is 2.73 bits per heavy atom. The molecule has 0 aliphatic carbocycles. The molecule has 0 fully saturated rings. The Hall–Kier alpha value is -2.30. The van der Waals surface area contributed by atoms with Gasteiger partial charge in [0, 0.05) is 24.2 Å². The smallest absolute Gasteiger partial charge is 0.255 e. The average molecular weight is 197 g/mol. The second-order valence-corrected chi connectivity index (χ2v) is 3.07. The van der Waals surface area contributed by atoms with Gasteiger partial charge in [-0.2, -0.15) is 0 Å². The van der Waals surface area contributed by atoms with E-state index >= 15 is 0 Å². The van der Waals surface area contributed by atoms with Gasteiger partial charge in [0.1, 0.15) is 6.33 Å². The molecule has 0 saturated heterocycles. The maximum absolute atomic E-state index is 4.10. The van der Waals surface area contributed by atoms with Crippen molar-refractivity contribution >= 4 is 5.78 Å². The molecule has 72 valence electrons. The molecule has 15 heavy (non-hydrogen) atoms. The molecular formula is C10H7N5. The van der Waals surface area contributed by atoms with E-state index in [1.54, 1.807) is 24.9 Å². The maximum Gasteiger partial charge on any atom is 0.255 e. The Morgan fingerprint density at radius 2 is 1.87 bits per heavy atom. The molecule has 0 atom stereocenters. The van der Waals surface area contributed by atoms with Gasteiger partial charge in [-0.05, 0) is 18.2 Å². The molecular weight excluding hydrogens is 190 g/mol. The van der Waals surface area contributed by atoms with Crippen molar-refractivity contribution in [3.05, 3.63) is 43.1 Å². The summed E-state index contributed by atoms with van der Waals surface area (Å²) in [6, 6.07) is 5.80. The average Bonchev–Trinajstić information content (AvgIpc) is 2.78. The first kappa shape index (κ1) is 8.05. The highest BCUT2D eigenvalue weighted by molar-refractivity contribution is 5.60. The van der Waals surface area contributed by atoms with Crippen molar-refractivity contribution in [1.29, 1.82) is 0 Å². The summed E-state index contributed by atoms with van der Waals surface area (Å²) in [6.45, 7) is 0. The summed E-state index contributed by atoms with van der Waals surface area (Å²) in [5.74, 6) is 0.601. The highest BCUT2D eigenvalue weighted by atomic mass is 15.3. The summed E-state index contributed by atoms with van der Waals surface area (Å²) >= 11 is 0. The third-order valence-corrected chi connectivity index (χ3v) is 2.19. The summed E-state index contributed by atoms with van der Waals surface area (Å²) in [5, 5.41) is 7.71. The molecule has 5 heteroatoms. The van der Waals surface area contributed by atoms with Crippen LogP contribution in [0.25, 0.3) is 17.0 Å². The van der Waals surface area contributed by atoms with Crippen LogP contribution in [0.1, 0.15) is 0 Å². The van der Waals surface area contributed by atoms with Crippen LogP contribution in [0.5, 0.6) is 0 Å². The van der Waals surface area contributed by atoms with Crippen LogP contribution in [0.3, 0.4) is 0 Å². The number of hydrogen-bond donors (Lipinski definition) is 0. The van der Waals surface area contributed by atoms with Crippen molar-refractivity contribution in [3.8, 4) is 11.3 Å². The molecule has 3 aromatic rings. The summed E-state index contributed by atoms with van der Waals surface area (Å²) in [7, 11) is 0. The molecule has 0 spiro atoms. The fourth-order valence-electron chi connectivity index (χ4n) is 1.50. The number of aromatic nitrogens is 5. The van der Waals surface area contributed by atoms with Gasteiger partial charge in [0.05, 0.1) is 5.69 Å². The molecule has 3 heterocycles. The van der Waals surface area contributed by atoms with Crippen molar-refractivity contribution in [1.82, 2.24) is 24.6 Å². The zero-order valence-electron chi connectivity index (χ0n) is 7.78. The predicted octanol–water partition coefficient (Wildman–Crippen LogP) is 1.19. The lowest BCUT2D eigenvalue weighted by molar-refractivity contribution is 1.10. The van der Waals surface area contributed by atoms with Crippen LogP contribution in [-0.2, 0) is 0 Å².